The quantitative estimate of drug-likeness (QED) is 0.529. The van der Waals surface area contributed by atoms with E-state index < -0.39 is 42.6 Å². The molecular weight excluding hydrogens is 396 g/mol. The van der Waals surface area contributed by atoms with E-state index in [1.54, 1.807) is 12.1 Å². The third-order valence-corrected chi connectivity index (χ3v) is 5.36. The number of ether oxygens (including phenoxy) is 3. The smallest absolute Gasteiger partial charge is 0.431 e. The monoisotopic (exact) mass is 416 g/mol. The van der Waals surface area contributed by atoms with Gasteiger partial charge in [-0.25, -0.2) is 9.69 Å². The Labute approximate surface area is 171 Å². The molecular formula is C20H20N2O8. The van der Waals surface area contributed by atoms with Crippen LogP contribution in [0, 0.1) is 0 Å². The summed E-state index contributed by atoms with van der Waals surface area (Å²) in [5.74, 6) is -2.47. The van der Waals surface area contributed by atoms with Gasteiger partial charge in [-0.1, -0.05) is 12.1 Å². The van der Waals surface area contributed by atoms with E-state index in [1.807, 2.05) is 0 Å². The van der Waals surface area contributed by atoms with Gasteiger partial charge >= 0.3 is 6.16 Å². The van der Waals surface area contributed by atoms with Crippen LogP contribution in [0.4, 0.5) is 4.79 Å². The zero-order valence-electron chi connectivity index (χ0n) is 16.1. The first-order valence-electron chi connectivity index (χ1n) is 9.69. The highest BCUT2D eigenvalue weighted by Gasteiger charge is 2.47. The van der Waals surface area contributed by atoms with Gasteiger partial charge in [0.25, 0.3) is 17.7 Å². The van der Waals surface area contributed by atoms with Gasteiger partial charge in [0, 0.05) is 19.3 Å². The average molecular weight is 416 g/mol. The maximum absolute atomic E-state index is 12.9. The number of nitrogens with zero attached hydrogens (tertiary/aromatic N) is 2. The van der Waals surface area contributed by atoms with Crippen molar-refractivity contribution in [1.82, 2.24) is 9.80 Å². The van der Waals surface area contributed by atoms with Gasteiger partial charge in [-0.15, -0.1) is 0 Å². The Balaban J connectivity index is 1.41. The fourth-order valence-electron chi connectivity index (χ4n) is 3.77. The van der Waals surface area contributed by atoms with Crippen LogP contribution in [0.3, 0.4) is 0 Å². The number of rotatable bonds is 4. The van der Waals surface area contributed by atoms with Gasteiger partial charge in [0.05, 0.1) is 24.3 Å². The molecule has 3 heterocycles. The normalized spacial score (nSPS) is 22.3. The van der Waals surface area contributed by atoms with Crippen LogP contribution in [0.15, 0.2) is 24.3 Å². The topological polar surface area (TPSA) is 120 Å². The molecule has 2 saturated heterocycles. The number of amides is 4. The van der Waals surface area contributed by atoms with Crippen molar-refractivity contribution in [2.45, 2.75) is 37.8 Å². The van der Waals surface area contributed by atoms with Gasteiger partial charge in [0.15, 0.2) is 6.73 Å². The van der Waals surface area contributed by atoms with E-state index >= 15 is 0 Å². The van der Waals surface area contributed by atoms with E-state index in [-0.39, 0.29) is 30.1 Å². The maximum atomic E-state index is 12.9. The molecule has 0 aliphatic carbocycles. The summed E-state index contributed by atoms with van der Waals surface area (Å²) >= 11 is 0. The molecule has 0 bridgehead atoms. The molecule has 3 aliphatic rings. The molecule has 10 nitrogen and oxygen atoms in total. The van der Waals surface area contributed by atoms with Crippen molar-refractivity contribution in [3.05, 3.63) is 35.4 Å². The average Bonchev–Trinajstić information content (AvgIpc) is 3.00. The van der Waals surface area contributed by atoms with Crippen molar-refractivity contribution < 1.29 is 38.2 Å². The summed E-state index contributed by atoms with van der Waals surface area (Å²) in [5.41, 5.74) is 0.435. The van der Waals surface area contributed by atoms with E-state index in [0.29, 0.717) is 26.1 Å². The molecule has 0 aromatic heterocycles. The Morgan fingerprint density at radius 1 is 1.00 bits per heavy atom. The molecule has 0 spiro atoms. The predicted octanol–water partition coefficient (Wildman–Crippen LogP) is 1.09. The molecule has 4 rings (SSSR count). The molecule has 0 saturated carbocycles. The number of imide groups is 2. The van der Waals surface area contributed by atoms with Crippen LogP contribution in [0.2, 0.25) is 0 Å². The summed E-state index contributed by atoms with van der Waals surface area (Å²) in [4.78, 5) is 63.9. The molecule has 10 heteroatoms. The van der Waals surface area contributed by atoms with Crippen molar-refractivity contribution >= 4 is 29.8 Å². The van der Waals surface area contributed by atoms with Crippen LogP contribution >= 0.6 is 0 Å². The number of benzene rings is 1. The molecule has 3 aliphatic heterocycles. The predicted molar refractivity (Wildman–Crippen MR) is 98.1 cm³/mol. The molecule has 0 radical (unpaired) electrons. The molecule has 2 fully saturated rings. The number of carbonyl (C=O) groups excluding carboxylic acids is 5. The zero-order chi connectivity index (χ0) is 21.3. The van der Waals surface area contributed by atoms with E-state index in [1.165, 1.54) is 12.1 Å². The third kappa shape index (κ3) is 3.65. The second-order valence-corrected chi connectivity index (χ2v) is 7.19. The lowest BCUT2D eigenvalue weighted by molar-refractivity contribution is -0.157. The molecule has 1 unspecified atom stereocenters. The molecule has 30 heavy (non-hydrogen) atoms. The van der Waals surface area contributed by atoms with E-state index in [2.05, 4.69) is 0 Å². The third-order valence-electron chi connectivity index (χ3n) is 5.36. The molecule has 1 aromatic rings. The number of hydrogen-bond donors (Lipinski definition) is 0. The van der Waals surface area contributed by atoms with Crippen molar-refractivity contribution in [2.24, 2.45) is 0 Å². The summed E-state index contributed by atoms with van der Waals surface area (Å²) in [5, 5.41) is 0. The Morgan fingerprint density at radius 3 is 2.27 bits per heavy atom. The van der Waals surface area contributed by atoms with Gasteiger partial charge in [-0.2, -0.15) is 0 Å². The van der Waals surface area contributed by atoms with Crippen LogP contribution in [0.25, 0.3) is 0 Å². The largest absolute Gasteiger partial charge is 0.510 e. The van der Waals surface area contributed by atoms with E-state index in [4.69, 9.17) is 14.2 Å². The lowest BCUT2D eigenvalue weighted by atomic mass is 10.0. The van der Waals surface area contributed by atoms with E-state index in [9.17, 15) is 24.0 Å². The van der Waals surface area contributed by atoms with Crippen molar-refractivity contribution in [2.75, 3.05) is 19.9 Å². The van der Waals surface area contributed by atoms with E-state index in [0.717, 1.165) is 9.80 Å². The fraction of sp³-hybridized carbons (Fsp3) is 0.450. The summed E-state index contributed by atoms with van der Waals surface area (Å²) < 4.78 is 15.3. The number of carbonyl (C=O) groups is 5. The molecule has 158 valence electrons. The summed E-state index contributed by atoms with van der Waals surface area (Å²) in [6, 6.07) is 5.15. The summed E-state index contributed by atoms with van der Waals surface area (Å²) in [6.07, 6.45) is -0.304. The minimum absolute atomic E-state index is 0.0200. The van der Waals surface area contributed by atoms with Crippen LogP contribution in [0.5, 0.6) is 0 Å². The van der Waals surface area contributed by atoms with Crippen molar-refractivity contribution in [3.63, 3.8) is 0 Å². The SMILES string of the molecule is O=C(OCN1C(=O)CCC(N2C(=O)c3ccccc3C2=O)C1=O)OC1CCOCC1. The summed E-state index contributed by atoms with van der Waals surface area (Å²) in [6.45, 7) is 0.311. The van der Waals surface area contributed by atoms with Crippen LogP contribution < -0.4 is 0 Å². The maximum Gasteiger partial charge on any atom is 0.510 e. The number of hydrogen-bond acceptors (Lipinski definition) is 8. The highest BCUT2D eigenvalue weighted by molar-refractivity contribution is 6.23. The Morgan fingerprint density at radius 2 is 1.63 bits per heavy atom. The Kier molecular flexibility index (Phi) is 5.49. The highest BCUT2D eigenvalue weighted by Crippen LogP contribution is 2.29. The van der Waals surface area contributed by atoms with Crippen molar-refractivity contribution in [3.8, 4) is 0 Å². The standard InChI is InChI=1S/C20H20N2O8/c23-16-6-5-15(22-17(24)13-3-1-2-4-14(13)18(22)25)19(26)21(16)11-29-20(27)30-12-7-9-28-10-8-12/h1-4,12,15H,5-11H2. The molecule has 4 amide bonds. The number of fused-ring (bicyclic) bond motifs is 1. The van der Waals surface area contributed by atoms with Crippen LogP contribution in [0.1, 0.15) is 46.4 Å². The van der Waals surface area contributed by atoms with Crippen LogP contribution in [-0.2, 0) is 23.8 Å². The van der Waals surface area contributed by atoms with Gasteiger partial charge in [0.2, 0.25) is 5.91 Å². The first-order valence-corrected chi connectivity index (χ1v) is 9.69. The second kappa shape index (κ2) is 8.23. The lowest BCUT2D eigenvalue weighted by Gasteiger charge is -2.34. The first-order chi connectivity index (χ1) is 14.5. The molecule has 1 aromatic carbocycles. The minimum atomic E-state index is -1.13. The number of piperidine rings is 1. The van der Waals surface area contributed by atoms with Gasteiger partial charge in [0.1, 0.15) is 12.1 Å². The first kappa shape index (κ1) is 20.0. The Bertz CT molecular complexity index is 873. The number of likely N-dealkylation sites (tertiary alicyclic amines) is 1. The van der Waals surface area contributed by atoms with Gasteiger partial charge in [-0.05, 0) is 18.6 Å². The highest BCUT2D eigenvalue weighted by atomic mass is 16.7. The fourth-order valence-corrected chi connectivity index (χ4v) is 3.77. The zero-order valence-corrected chi connectivity index (χ0v) is 16.1. The Hall–Kier alpha value is -3.27. The minimum Gasteiger partial charge on any atom is -0.431 e. The van der Waals surface area contributed by atoms with Gasteiger partial charge < -0.3 is 14.2 Å². The van der Waals surface area contributed by atoms with Gasteiger partial charge in [-0.3, -0.25) is 24.1 Å². The van der Waals surface area contributed by atoms with Crippen LogP contribution in [-0.4, -0.2) is 71.7 Å². The van der Waals surface area contributed by atoms with Crippen molar-refractivity contribution in [1.29, 1.82) is 0 Å². The molecule has 1 atom stereocenters. The lowest BCUT2D eigenvalue weighted by Crippen LogP contribution is -2.56. The summed E-state index contributed by atoms with van der Waals surface area (Å²) in [7, 11) is 0. The second-order valence-electron chi connectivity index (χ2n) is 7.19. The molecule has 0 N–H and O–H groups in total.